The van der Waals surface area contributed by atoms with Gasteiger partial charge in [0.05, 0.1) is 13.2 Å². The van der Waals surface area contributed by atoms with Gasteiger partial charge < -0.3 is 14.6 Å². The number of aliphatic hydroxyl groups is 1. The van der Waals surface area contributed by atoms with E-state index in [1.807, 2.05) is 6.92 Å². The molecule has 0 aromatic carbocycles. The molecule has 1 aliphatic rings. The lowest BCUT2D eigenvalue weighted by Gasteiger charge is -2.24. The lowest BCUT2D eigenvalue weighted by atomic mass is 10.0. The maximum absolute atomic E-state index is 8.62. The first-order valence-electron chi connectivity index (χ1n) is 4.76. The van der Waals surface area contributed by atoms with Crippen molar-refractivity contribution in [3.8, 4) is 0 Å². The predicted molar refractivity (Wildman–Crippen MR) is 50.4 cm³/mol. The third-order valence-corrected chi connectivity index (χ3v) is 2.37. The van der Waals surface area contributed by atoms with E-state index in [1.54, 1.807) is 0 Å². The standard InChI is InChI=1S/C10H18O3/c1-9(5-3-4-6-11)10(2)12-7-8-13-10/h11H,1,3-8H2,2H3. The lowest BCUT2D eigenvalue weighted by Crippen LogP contribution is -2.27. The summed E-state index contributed by atoms with van der Waals surface area (Å²) in [5.41, 5.74) is 0.971. The van der Waals surface area contributed by atoms with Gasteiger partial charge in [-0.25, -0.2) is 0 Å². The van der Waals surface area contributed by atoms with Crippen LogP contribution in [0.3, 0.4) is 0 Å². The van der Waals surface area contributed by atoms with E-state index < -0.39 is 5.79 Å². The van der Waals surface area contributed by atoms with Crippen molar-refractivity contribution in [3.05, 3.63) is 12.2 Å². The van der Waals surface area contributed by atoms with Crippen LogP contribution in [0.2, 0.25) is 0 Å². The summed E-state index contributed by atoms with van der Waals surface area (Å²) in [5.74, 6) is -0.574. The highest BCUT2D eigenvalue weighted by molar-refractivity contribution is 5.07. The molecule has 3 nitrogen and oxygen atoms in total. The Morgan fingerprint density at radius 3 is 2.54 bits per heavy atom. The van der Waals surface area contributed by atoms with Crippen molar-refractivity contribution in [1.82, 2.24) is 0 Å². The highest BCUT2D eigenvalue weighted by atomic mass is 16.7. The highest BCUT2D eigenvalue weighted by Crippen LogP contribution is 2.29. The minimum atomic E-state index is -0.574. The first-order chi connectivity index (χ1) is 6.19. The molecule has 0 atom stereocenters. The van der Waals surface area contributed by atoms with E-state index in [4.69, 9.17) is 14.6 Å². The molecule has 1 N–H and O–H groups in total. The molecule has 1 rings (SSSR count). The number of unbranched alkanes of at least 4 members (excludes halogenated alkanes) is 1. The van der Waals surface area contributed by atoms with Gasteiger partial charge in [0, 0.05) is 6.61 Å². The van der Waals surface area contributed by atoms with Crippen molar-refractivity contribution < 1.29 is 14.6 Å². The molecule has 0 saturated carbocycles. The van der Waals surface area contributed by atoms with Crippen LogP contribution in [0.15, 0.2) is 12.2 Å². The number of ether oxygens (including phenoxy) is 2. The van der Waals surface area contributed by atoms with Gasteiger partial charge in [0.1, 0.15) is 0 Å². The second-order valence-corrected chi connectivity index (χ2v) is 3.43. The summed E-state index contributed by atoms with van der Waals surface area (Å²) in [6.45, 7) is 7.39. The van der Waals surface area contributed by atoms with E-state index >= 15 is 0 Å². The van der Waals surface area contributed by atoms with Gasteiger partial charge in [-0.05, 0) is 31.8 Å². The normalized spacial score (nSPS) is 20.5. The molecule has 1 heterocycles. The molecule has 0 radical (unpaired) electrons. The van der Waals surface area contributed by atoms with Crippen LogP contribution in [0, 0.1) is 0 Å². The van der Waals surface area contributed by atoms with Crippen LogP contribution in [-0.4, -0.2) is 30.7 Å². The van der Waals surface area contributed by atoms with Gasteiger partial charge >= 0.3 is 0 Å². The summed E-state index contributed by atoms with van der Waals surface area (Å²) >= 11 is 0. The summed E-state index contributed by atoms with van der Waals surface area (Å²) in [6.07, 6.45) is 2.61. The Labute approximate surface area is 79.3 Å². The van der Waals surface area contributed by atoms with Gasteiger partial charge in [0.2, 0.25) is 0 Å². The predicted octanol–water partition coefficient (Wildman–Crippen LogP) is 1.47. The minimum Gasteiger partial charge on any atom is -0.396 e. The van der Waals surface area contributed by atoms with Crippen molar-refractivity contribution in [2.75, 3.05) is 19.8 Å². The number of rotatable bonds is 5. The second kappa shape index (κ2) is 4.74. The zero-order valence-electron chi connectivity index (χ0n) is 8.21. The smallest absolute Gasteiger partial charge is 0.187 e. The van der Waals surface area contributed by atoms with Crippen molar-refractivity contribution in [1.29, 1.82) is 0 Å². The monoisotopic (exact) mass is 186 g/mol. The molecule has 0 amide bonds. The maximum Gasteiger partial charge on any atom is 0.187 e. The van der Waals surface area contributed by atoms with Crippen molar-refractivity contribution in [2.45, 2.75) is 32.0 Å². The summed E-state index contributed by atoms with van der Waals surface area (Å²) < 4.78 is 10.9. The van der Waals surface area contributed by atoms with Crippen LogP contribution >= 0.6 is 0 Å². The van der Waals surface area contributed by atoms with E-state index in [0.717, 1.165) is 24.8 Å². The topological polar surface area (TPSA) is 38.7 Å². The van der Waals surface area contributed by atoms with Crippen LogP contribution in [0.25, 0.3) is 0 Å². The Kier molecular flexibility index (Phi) is 3.90. The molecule has 0 spiro atoms. The second-order valence-electron chi connectivity index (χ2n) is 3.43. The Morgan fingerprint density at radius 2 is 2.00 bits per heavy atom. The largest absolute Gasteiger partial charge is 0.396 e. The van der Waals surface area contributed by atoms with Gasteiger partial charge in [-0.15, -0.1) is 0 Å². The molecule has 0 aliphatic carbocycles. The SMILES string of the molecule is C=C(CCCCO)C1(C)OCCO1. The van der Waals surface area contributed by atoms with E-state index in [1.165, 1.54) is 0 Å². The zero-order valence-corrected chi connectivity index (χ0v) is 8.21. The molecule has 13 heavy (non-hydrogen) atoms. The van der Waals surface area contributed by atoms with Crippen molar-refractivity contribution in [2.24, 2.45) is 0 Å². The molecule has 0 aromatic rings. The van der Waals surface area contributed by atoms with Gasteiger partial charge in [-0.1, -0.05) is 6.58 Å². The fraction of sp³-hybridized carbons (Fsp3) is 0.800. The Balaban J connectivity index is 2.29. The quantitative estimate of drug-likeness (QED) is 0.522. The third-order valence-electron chi connectivity index (χ3n) is 2.37. The molecule has 0 aromatic heterocycles. The Hall–Kier alpha value is -0.380. The number of hydrogen-bond donors (Lipinski definition) is 1. The highest BCUT2D eigenvalue weighted by Gasteiger charge is 2.33. The van der Waals surface area contributed by atoms with Crippen LogP contribution in [0.1, 0.15) is 26.2 Å². The van der Waals surface area contributed by atoms with E-state index in [9.17, 15) is 0 Å². The first kappa shape index (κ1) is 10.7. The van der Waals surface area contributed by atoms with E-state index in [2.05, 4.69) is 6.58 Å². The number of hydrogen-bond acceptors (Lipinski definition) is 3. The van der Waals surface area contributed by atoms with Crippen LogP contribution in [0.5, 0.6) is 0 Å². The molecular formula is C10H18O3. The molecular weight excluding hydrogens is 168 g/mol. The Morgan fingerprint density at radius 1 is 1.38 bits per heavy atom. The molecule has 1 fully saturated rings. The van der Waals surface area contributed by atoms with Gasteiger partial charge in [0.25, 0.3) is 0 Å². The molecule has 0 unspecified atom stereocenters. The first-order valence-corrected chi connectivity index (χ1v) is 4.76. The molecule has 76 valence electrons. The summed E-state index contributed by atoms with van der Waals surface area (Å²) in [7, 11) is 0. The van der Waals surface area contributed by atoms with E-state index in [-0.39, 0.29) is 6.61 Å². The summed E-state index contributed by atoms with van der Waals surface area (Å²) in [6, 6.07) is 0. The Bertz CT molecular complexity index is 171. The number of aliphatic hydroxyl groups excluding tert-OH is 1. The molecule has 1 saturated heterocycles. The van der Waals surface area contributed by atoms with Gasteiger partial charge in [-0.3, -0.25) is 0 Å². The molecule has 1 aliphatic heterocycles. The molecule has 0 bridgehead atoms. The zero-order chi connectivity index (χ0) is 9.73. The van der Waals surface area contributed by atoms with Gasteiger partial charge in [-0.2, -0.15) is 0 Å². The maximum atomic E-state index is 8.62. The summed E-state index contributed by atoms with van der Waals surface area (Å²) in [5, 5.41) is 8.62. The lowest BCUT2D eigenvalue weighted by molar-refractivity contribution is -0.111. The van der Waals surface area contributed by atoms with Crippen LogP contribution < -0.4 is 0 Å². The average Bonchev–Trinajstić information content (AvgIpc) is 2.54. The van der Waals surface area contributed by atoms with Crippen molar-refractivity contribution >= 4 is 0 Å². The van der Waals surface area contributed by atoms with Crippen LogP contribution in [0.4, 0.5) is 0 Å². The third kappa shape index (κ3) is 2.79. The summed E-state index contributed by atoms with van der Waals surface area (Å²) in [4.78, 5) is 0. The van der Waals surface area contributed by atoms with Crippen molar-refractivity contribution in [3.63, 3.8) is 0 Å². The molecule has 3 heteroatoms. The van der Waals surface area contributed by atoms with Gasteiger partial charge in [0.15, 0.2) is 5.79 Å². The average molecular weight is 186 g/mol. The fourth-order valence-corrected chi connectivity index (χ4v) is 1.40. The van der Waals surface area contributed by atoms with Crippen LogP contribution in [-0.2, 0) is 9.47 Å². The fourth-order valence-electron chi connectivity index (χ4n) is 1.40. The minimum absolute atomic E-state index is 0.242. The van der Waals surface area contributed by atoms with E-state index in [0.29, 0.717) is 13.2 Å².